The van der Waals surface area contributed by atoms with Gasteiger partial charge in [0.1, 0.15) is 11.4 Å². The van der Waals surface area contributed by atoms with Gasteiger partial charge in [-0.2, -0.15) is 17.0 Å². The Kier molecular flexibility index (Phi) is 5.76. The summed E-state index contributed by atoms with van der Waals surface area (Å²) in [6, 6.07) is 5.87. The van der Waals surface area contributed by atoms with Crippen LogP contribution in [0.4, 0.5) is 0 Å². The molecular weight excluding hydrogens is 378 g/mol. The Bertz CT molecular complexity index is 851. The molecule has 0 aliphatic carbocycles. The summed E-state index contributed by atoms with van der Waals surface area (Å²) < 4.78 is 33.6. The summed E-state index contributed by atoms with van der Waals surface area (Å²) in [5, 5.41) is 3.17. The van der Waals surface area contributed by atoms with Crippen molar-refractivity contribution < 1.29 is 17.9 Å². The van der Waals surface area contributed by atoms with E-state index < -0.39 is 10.2 Å². The highest BCUT2D eigenvalue weighted by atomic mass is 32.2. The van der Waals surface area contributed by atoms with Crippen LogP contribution in [0.5, 0.6) is 5.75 Å². The Morgan fingerprint density at radius 1 is 1.32 bits per heavy atom. The van der Waals surface area contributed by atoms with Crippen molar-refractivity contribution in [3.8, 4) is 5.75 Å². The van der Waals surface area contributed by atoms with Crippen LogP contribution >= 0.6 is 0 Å². The molecule has 0 saturated carbocycles. The van der Waals surface area contributed by atoms with Crippen LogP contribution in [0.1, 0.15) is 50.3 Å². The van der Waals surface area contributed by atoms with Gasteiger partial charge in [-0.15, -0.1) is 0 Å². The van der Waals surface area contributed by atoms with Gasteiger partial charge in [-0.05, 0) is 39.7 Å². The van der Waals surface area contributed by atoms with Gasteiger partial charge in [-0.3, -0.25) is 4.79 Å². The topological polar surface area (TPSA) is 79.0 Å². The second-order valence-corrected chi connectivity index (χ2v) is 10.8. The van der Waals surface area contributed by atoms with Gasteiger partial charge >= 0.3 is 0 Å². The summed E-state index contributed by atoms with van der Waals surface area (Å²) in [5.41, 5.74) is 1.72. The Balaban J connectivity index is 1.77. The predicted molar refractivity (Wildman–Crippen MR) is 108 cm³/mol. The molecule has 1 amide bonds. The molecule has 2 heterocycles. The predicted octanol–water partition coefficient (Wildman–Crippen LogP) is 2.23. The standard InChI is InChI=1S/C20H31N3O4S/c1-14-8-9-18-16(11-14)17(12-20(2,3)27-18)21-19(24)15-7-6-10-23(13-15)28(25,26)22(4)5/h8-9,11,15,17H,6-7,10,12-13H2,1-5H3,(H,21,24)/t15-,17-/m1/s1. The van der Waals surface area contributed by atoms with Crippen molar-refractivity contribution in [3.63, 3.8) is 0 Å². The van der Waals surface area contributed by atoms with Gasteiger partial charge in [0.2, 0.25) is 5.91 Å². The smallest absolute Gasteiger partial charge is 0.281 e. The number of amides is 1. The summed E-state index contributed by atoms with van der Waals surface area (Å²) >= 11 is 0. The van der Waals surface area contributed by atoms with Gasteiger partial charge in [-0.25, -0.2) is 0 Å². The molecule has 7 nitrogen and oxygen atoms in total. The average Bonchev–Trinajstić information content (AvgIpc) is 2.61. The third-order valence-corrected chi connectivity index (χ3v) is 7.39. The van der Waals surface area contributed by atoms with Gasteiger partial charge < -0.3 is 10.1 Å². The number of carbonyl (C=O) groups excluding carboxylic acids is 1. The zero-order chi connectivity index (χ0) is 20.7. The third kappa shape index (κ3) is 4.34. The average molecular weight is 410 g/mol. The Morgan fingerprint density at radius 3 is 2.71 bits per heavy atom. The normalized spacial score (nSPS) is 25.1. The molecule has 1 aromatic carbocycles. The van der Waals surface area contributed by atoms with Crippen LogP contribution in [-0.4, -0.2) is 55.7 Å². The van der Waals surface area contributed by atoms with E-state index in [1.165, 1.54) is 22.7 Å². The highest BCUT2D eigenvalue weighted by molar-refractivity contribution is 7.86. The highest BCUT2D eigenvalue weighted by Gasteiger charge is 2.38. The number of fused-ring (bicyclic) bond motifs is 1. The minimum atomic E-state index is -3.51. The van der Waals surface area contributed by atoms with Crippen LogP contribution in [0.15, 0.2) is 18.2 Å². The number of benzene rings is 1. The molecule has 1 fully saturated rings. The van der Waals surface area contributed by atoms with Crippen LogP contribution in [-0.2, 0) is 15.0 Å². The maximum Gasteiger partial charge on any atom is 0.281 e. The number of piperidine rings is 1. The van der Waals surface area contributed by atoms with Crippen LogP contribution in [0.3, 0.4) is 0 Å². The first-order valence-electron chi connectivity index (χ1n) is 9.77. The Morgan fingerprint density at radius 2 is 2.04 bits per heavy atom. The number of nitrogens with one attached hydrogen (secondary N) is 1. The summed E-state index contributed by atoms with van der Waals surface area (Å²) in [6.45, 7) is 6.72. The lowest BCUT2D eigenvalue weighted by molar-refractivity contribution is -0.127. The van der Waals surface area contributed by atoms with Gasteiger partial charge in [0.25, 0.3) is 10.2 Å². The summed E-state index contributed by atoms with van der Waals surface area (Å²) in [4.78, 5) is 13.0. The molecule has 1 saturated heterocycles. The van der Waals surface area contributed by atoms with E-state index in [1.807, 2.05) is 32.9 Å². The molecule has 156 valence electrons. The fraction of sp³-hybridized carbons (Fsp3) is 0.650. The van der Waals surface area contributed by atoms with Gasteiger partial charge in [0.05, 0.1) is 12.0 Å². The Labute approximate surface area is 168 Å². The minimum Gasteiger partial charge on any atom is -0.487 e. The lowest BCUT2D eigenvalue weighted by Crippen LogP contribution is -2.50. The molecule has 0 aromatic heterocycles. The van der Waals surface area contributed by atoms with E-state index in [1.54, 1.807) is 0 Å². The monoisotopic (exact) mass is 409 g/mol. The van der Waals surface area contributed by atoms with Gasteiger partial charge in [0, 0.05) is 39.2 Å². The molecule has 28 heavy (non-hydrogen) atoms. The third-order valence-electron chi connectivity index (χ3n) is 5.48. The van der Waals surface area contributed by atoms with Crippen LogP contribution < -0.4 is 10.1 Å². The molecule has 2 atom stereocenters. The fourth-order valence-electron chi connectivity index (χ4n) is 3.99. The maximum absolute atomic E-state index is 13.0. The molecule has 2 aliphatic heterocycles. The summed E-state index contributed by atoms with van der Waals surface area (Å²) in [6.07, 6.45) is 2.04. The molecule has 0 radical (unpaired) electrons. The van der Waals surface area contributed by atoms with E-state index in [0.717, 1.165) is 16.9 Å². The molecule has 2 aliphatic rings. The van der Waals surface area contributed by atoms with E-state index in [9.17, 15) is 13.2 Å². The van der Waals surface area contributed by atoms with Crippen molar-refractivity contribution in [2.75, 3.05) is 27.2 Å². The second-order valence-electron chi connectivity index (χ2n) is 8.66. The molecule has 0 spiro atoms. The van der Waals surface area contributed by atoms with Crippen molar-refractivity contribution >= 4 is 16.1 Å². The zero-order valence-electron chi connectivity index (χ0n) is 17.4. The van der Waals surface area contributed by atoms with Crippen molar-refractivity contribution in [2.45, 2.75) is 51.7 Å². The molecule has 1 aromatic rings. The first-order valence-corrected chi connectivity index (χ1v) is 11.2. The number of rotatable bonds is 4. The number of hydrogen-bond acceptors (Lipinski definition) is 4. The Hall–Kier alpha value is -1.64. The lowest BCUT2D eigenvalue weighted by Gasteiger charge is -2.39. The minimum absolute atomic E-state index is 0.0891. The van der Waals surface area contributed by atoms with Crippen LogP contribution in [0, 0.1) is 12.8 Å². The lowest BCUT2D eigenvalue weighted by atomic mass is 9.88. The molecule has 1 N–H and O–H groups in total. The van der Waals surface area contributed by atoms with Crippen molar-refractivity contribution in [1.82, 2.24) is 13.9 Å². The molecule has 0 unspecified atom stereocenters. The molecule has 8 heteroatoms. The van der Waals surface area contributed by atoms with Crippen molar-refractivity contribution in [1.29, 1.82) is 0 Å². The molecular formula is C20H31N3O4S. The van der Waals surface area contributed by atoms with Gasteiger partial charge in [-0.1, -0.05) is 17.7 Å². The van der Waals surface area contributed by atoms with E-state index in [2.05, 4.69) is 11.4 Å². The molecule has 3 rings (SSSR count). The second kappa shape index (κ2) is 7.65. The first kappa shape index (κ1) is 21.1. The van der Waals surface area contributed by atoms with Crippen molar-refractivity contribution in [2.24, 2.45) is 5.92 Å². The molecule has 0 bridgehead atoms. The van der Waals surface area contributed by atoms with E-state index >= 15 is 0 Å². The van der Waals surface area contributed by atoms with Crippen LogP contribution in [0.25, 0.3) is 0 Å². The number of nitrogens with zero attached hydrogens (tertiary/aromatic N) is 2. The number of ether oxygens (including phenoxy) is 1. The van der Waals surface area contributed by atoms with Crippen molar-refractivity contribution in [3.05, 3.63) is 29.3 Å². The van der Waals surface area contributed by atoms with E-state index in [0.29, 0.717) is 25.8 Å². The summed E-state index contributed by atoms with van der Waals surface area (Å²) in [7, 11) is -0.473. The summed E-state index contributed by atoms with van der Waals surface area (Å²) in [5.74, 6) is 0.365. The zero-order valence-corrected chi connectivity index (χ0v) is 18.2. The first-order chi connectivity index (χ1) is 13.0. The SMILES string of the molecule is Cc1ccc2c(c1)[C@H](NC(=O)[C@@H]1CCCN(S(=O)(=O)N(C)C)C1)CC(C)(C)O2. The largest absolute Gasteiger partial charge is 0.487 e. The number of aryl methyl sites for hydroxylation is 1. The van der Waals surface area contributed by atoms with Gasteiger partial charge in [0.15, 0.2) is 0 Å². The van der Waals surface area contributed by atoms with E-state index in [4.69, 9.17) is 4.74 Å². The fourth-order valence-corrected chi connectivity index (χ4v) is 5.18. The van der Waals surface area contributed by atoms with Crippen LogP contribution in [0.2, 0.25) is 0 Å². The number of hydrogen-bond donors (Lipinski definition) is 1. The number of carbonyl (C=O) groups is 1. The quantitative estimate of drug-likeness (QED) is 0.827. The van der Waals surface area contributed by atoms with E-state index in [-0.39, 0.29) is 30.0 Å². The highest BCUT2D eigenvalue weighted by Crippen LogP contribution is 2.40. The maximum atomic E-state index is 13.0.